The summed E-state index contributed by atoms with van der Waals surface area (Å²) in [6.07, 6.45) is 5.65. The smallest absolute Gasteiger partial charge is 0.163 e. The maximum Gasteiger partial charge on any atom is 0.163 e. The van der Waals surface area contributed by atoms with Crippen LogP contribution in [0.25, 0.3) is 22.4 Å². The predicted molar refractivity (Wildman–Crippen MR) is 79.2 cm³/mol. The van der Waals surface area contributed by atoms with Gasteiger partial charge < -0.3 is 9.88 Å². The number of aryl methyl sites for hydroxylation is 2. The van der Waals surface area contributed by atoms with Crippen molar-refractivity contribution in [3.05, 3.63) is 42.0 Å². The molecule has 0 aromatic carbocycles. The van der Waals surface area contributed by atoms with Crippen LogP contribution in [-0.4, -0.2) is 26.6 Å². The molecule has 3 aromatic rings. The summed E-state index contributed by atoms with van der Waals surface area (Å²) in [5, 5.41) is 4.32. The van der Waals surface area contributed by atoms with Crippen molar-refractivity contribution in [2.45, 2.75) is 13.5 Å². The Labute approximate surface area is 117 Å². The van der Waals surface area contributed by atoms with Crippen molar-refractivity contribution in [3.8, 4) is 11.4 Å². The van der Waals surface area contributed by atoms with E-state index in [1.54, 1.807) is 12.4 Å². The van der Waals surface area contributed by atoms with E-state index in [9.17, 15) is 0 Å². The lowest BCUT2D eigenvalue weighted by Gasteiger charge is -2.05. The largest absolute Gasteiger partial charge is 0.335 e. The molecule has 0 atom stereocenters. The first-order valence-corrected chi connectivity index (χ1v) is 6.58. The summed E-state index contributed by atoms with van der Waals surface area (Å²) in [4.78, 5) is 13.5. The van der Waals surface area contributed by atoms with E-state index in [1.165, 1.54) is 5.56 Å². The van der Waals surface area contributed by atoms with E-state index < -0.39 is 0 Å². The SMILES string of the molecule is CNCc1cn(C)c2nc(-c3cccnc3)nc(C)c12. The third-order valence-corrected chi connectivity index (χ3v) is 3.36. The molecule has 20 heavy (non-hydrogen) atoms. The van der Waals surface area contributed by atoms with Crippen LogP contribution in [0.3, 0.4) is 0 Å². The number of pyridine rings is 1. The van der Waals surface area contributed by atoms with Gasteiger partial charge in [-0.05, 0) is 31.7 Å². The molecule has 0 aliphatic heterocycles. The molecule has 0 saturated carbocycles. The number of aromatic nitrogens is 4. The molecule has 5 heteroatoms. The molecule has 3 rings (SSSR count). The van der Waals surface area contributed by atoms with E-state index in [1.807, 2.05) is 33.2 Å². The molecule has 1 N–H and O–H groups in total. The maximum atomic E-state index is 4.69. The highest BCUT2D eigenvalue weighted by molar-refractivity contribution is 5.84. The van der Waals surface area contributed by atoms with Crippen LogP contribution >= 0.6 is 0 Å². The third-order valence-electron chi connectivity index (χ3n) is 3.36. The zero-order valence-corrected chi connectivity index (χ0v) is 11.9. The van der Waals surface area contributed by atoms with Crippen LogP contribution in [0.1, 0.15) is 11.3 Å². The predicted octanol–water partition coefficient (Wildman–Crippen LogP) is 2.06. The highest BCUT2D eigenvalue weighted by Crippen LogP contribution is 2.24. The standard InChI is InChI=1S/C15H17N5/c1-10-13-12(7-16-2)9-20(3)15(13)19-14(18-10)11-5-4-6-17-8-11/h4-6,8-9,16H,7H2,1-3H3. The van der Waals surface area contributed by atoms with Crippen LogP contribution in [0.4, 0.5) is 0 Å². The molecule has 0 aliphatic rings. The van der Waals surface area contributed by atoms with Crippen LogP contribution in [0.2, 0.25) is 0 Å². The Morgan fingerprint density at radius 2 is 2.15 bits per heavy atom. The fourth-order valence-corrected chi connectivity index (χ4v) is 2.50. The summed E-state index contributed by atoms with van der Waals surface area (Å²) >= 11 is 0. The van der Waals surface area contributed by atoms with Crippen molar-refractivity contribution in [1.29, 1.82) is 0 Å². The summed E-state index contributed by atoms with van der Waals surface area (Å²) in [5.41, 5.74) is 4.12. The van der Waals surface area contributed by atoms with Crippen molar-refractivity contribution in [2.24, 2.45) is 7.05 Å². The zero-order chi connectivity index (χ0) is 14.1. The number of hydrogen-bond acceptors (Lipinski definition) is 4. The minimum Gasteiger partial charge on any atom is -0.335 e. The van der Waals surface area contributed by atoms with Crippen LogP contribution in [0.15, 0.2) is 30.7 Å². The van der Waals surface area contributed by atoms with E-state index in [-0.39, 0.29) is 0 Å². The van der Waals surface area contributed by atoms with Crippen LogP contribution < -0.4 is 5.32 Å². The first kappa shape index (κ1) is 12.7. The Hall–Kier alpha value is -2.27. The molecule has 0 saturated heterocycles. The molecule has 0 radical (unpaired) electrons. The van der Waals surface area contributed by atoms with Gasteiger partial charge in [0.05, 0.1) is 5.69 Å². The monoisotopic (exact) mass is 267 g/mol. The van der Waals surface area contributed by atoms with Crippen LogP contribution in [0.5, 0.6) is 0 Å². The van der Waals surface area contributed by atoms with Crippen molar-refractivity contribution in [2.75, 3.05) is 7.05 Å². The number of nitrogens with one attached hydrogen (secondary N) is 1. The van der Waals surface area contributed by atoms with Gasteiger partial charge in [0.2, 0.25) is 0 Å². The van der Waals surface area contributed by atoms with Gasteiger partial charge in [-0.3, -0.25) is 4.98 Å². The molecule has 0 bridgehead atoms. The first-order valence-electron chi connectivity index (χ1n) is 6.58. The molecule has 0 amide bonds. The highest BCUT2D eigenvalue weighted by atomic mass is 15.0. The van der Waals surface area contributed by atoms with Gasteiger partial charge in [-0.15, -0.1) is 0 Å². The Balaban J connectivity index is 2.22. The number of nitrogens with zero attached hydrogens (tertiary/aromatic N) is 4. The minimum atomic E-state index is 0.723. The molecule has 0 unspecified atom stereocenters. The Morgan fingerprint density at radius 3 is 2.85 bits per heavy atom. The van der Waals surface area contributed by atoms with Gasteiger partial charge in [0.25, 0.3) is 0 Å². The van der Waals surface area contributed by atoms with Gasteiger partial charge in [-0.2, -0.15) is 0 Å². The van der Waals surface area contributed by atoms with E-state index >= 15 is 0 Å². The molecular weight excluding hydrogens is 250 g/mol. The highest BCUT2D eigenvalue weighted by Gasteiger charge is 2.13. The van der Waals surface area contributed by atoms with Gasteiger partial charge in [0.15, 0.2) is 5.82 Å². The van der Waals surface area contributed by atoms with Gasteiger partial charge in [-0.1, -0.05) is 0 Å². The van der Waals surface area contributed by atoms with Crippen LogP contribution in [0, 0.1) is 6.92 Å². The Kier molecular flexibility index (Phi) is 3.20. The second kappa shape index (κ2) is 5.02. The fraction of sp³-hybridized carbons (Fsp3) is 0.267. The Morgan fingerprint density at radius 1 is 1.30 bits per heavy atom. The van der Waals surface area contributed by atoms with Crippen LogP contribution in [-0.2, 0) is 13.6 Å². The molecule has 3 aromatic heterocycles. The molecule has 0 spiro atoms. The van der Waals surface area contributed by atoms with E-state index in [2.05, 4.69) is 26.0 Å². The summed E-state index contributed by atoms with van der Waals surface area (Å²) in [7, 11) is 3.96. The van der Waals surface area contributed by atoms with Gasteiger partial charge >= 0.3 is 0 Å². The number of rotatable bonds is 3. The second-order valence-corrected chi connectivity index (χ2v) is 4.87. The normalized spacial score (nSPS) is 11.2. The topological polar surface area (TPSA) is 55.6 Å². The third kappa shape index (κ3) is 2.06. The lowest BCUT2D eigenvalue weighted by atomic mass is 10.2. The fourth-order valence-electron chi connectivity index (χ4n) is 2.50. The summed E-state index contributed by atoms with van der Waals surface area (Å²) in [6, 6.07) is 3.88. The lowest BCUT2D eigenvalue weighted by Crippen LogP contribution is -2.05. The number of fused-ring (bicyclic) bond motifs is 1. The molecular formula is C15H17N5. The number of hydrogen-bond donors (Lipinski definition) is 1. The first-order chi connectivity index (χ1) is 9.70. The average Bonchev–Trinajstić information content (AvgIpc) is 2.77. The maximum absolute atomic E-state index is 4.69. The van der Waals surface area contributed by atoms with Crippen molar-refractivity contribution < 1.29 is 0 Å². The van der Waals surface area contributed by atoms with Gasteiger partial charge in [-0.25, -0.2) is 9.97 Å². The second-order valence-electron chi connectivity index (χ2n) is 4.87. The molecule has 3 heterocycles. The summed E-state index contributed by atoms with van der Waals surface area (Å²) in [5.74, 6) is 0.723. The summed E-state index contributed by atoms with van der Waals surface area (Å²) in [6.45, 7) is 2.84. The van der Waals surface area contributed by atoms with Gasteiger partial charge in [0.1, 0.15) is 5.65 Å². The zero-order valence-electron chi connectivity index (χ0n) is 11.9. The lowest BCUT2D eigenvalue weighted by molar-refractivity contribution is 0.815. The van der Waals surface area contributed by atoms with Gasteiger partial charge in [0, 0.05) is 43.1 Å². The van der Waals surface area contributed by atoms with Crippen molar-refractivity contribution in [3.63, 3.8) is 0 Å². The van der Waals surface area contributed by atoms with E-state index in [4.69, 9.17) is 4.98 Å². The molecule has 0 aliphatic carbocycles. The molecule has 0 fully saturated rings. The van der Waals surface area contributed by atoms with Crippen molar-refractivity contribution in [1.82, 2.24) is 24.8 Å². The van der Waals surface area contributed by atoms with E-state index in [0.29, 0.717) is 0 Å². The van der Waals surface area contributed by atoms with E-state index in [0.717, 1.165) is 34.7 Å². The molecule has 102 valence electrons. The summed E-state index contributed by atoms with van der Waals surface area (Å²) < 4.78 is 2.05. The Bertz CT molecular complexity index is 746. The van der Waals surface area contributed by atoms with Crippen molar-refractivity contribution >= 4 is 11.0 Å². The molecule has 5 nitrogen and oxygen atoms in total. The minimum absolute atomic E-state index is 0.723. The average molecular weight is 267 g/mol. The quantitative estimate of drug-likeness (QED) is 0.789.